The van der Waals surface area contributed by atoms with E-state index in [1.807, 2.05) is 0 Å². The van der Waals surface area contributed by atoms with Crippen molar-refractivity contribution in [1.82, 2.24) is 4.90 Å². The number of hydrogen-bond acceptors (Lipinski definition) is 5. The van der Waals surface area contributed by atoms with Gasteiger partial charge in [0.15, 0.2) is 0 Å². The first-order chi connectivity index (χ1) is 14.8. The number of nitro benzene ring substituents is 1. The molecule has 0 radical (unpaired) electrons. The highest BCUT2D eigenvalue weighted by Crippen LogP contribution is 2.20. The van der Waals surface area contributed by atoms with E-state index in [-0.39, 0.29) is 24.2 Å². The SMILES string of the molecule is CCCCCN(CCCCC)C(=O)C(CCC(=O)O)C(=O)Nc1cccc([N+](=O)[O-])c1. The first kappa shape index (κ1) is 26.1. The van der Waals surface area contributed by atoms with Crippen LogP contribution in [0.1, 0.15) is 65.2 Å². The van der Waals surface area contributed by atoms with Gasteiger partial charge in [-0.05, 0) is 25.3 Å². The summed E-state index contributed by atoms with van der Waals surface area (Å²) in [6.07, 6.45) is 5.07. The lowest BCUT2D eigenvalue weighted by molar-refractivity contribution is -0.384. The number of rotatable bonds is 15. The summed E-state index contributed by atoms with van der Waals surface area (Å²) in [7, 11) is 0. The molecule has 1 aromatic rings. The quantitative estimate of drug-likeness (QED) is 0.184. The molecule has 0 aliphatic heterocycles. The van der Waals surface area contributed by atoms with Crippen molar-refractivity contribution in [2.45, 2.75) is 65.2 Å². The van der Waals surface area contributed by atoms with Crippen LogP contribution in [0.4, 0.5) is 11.4 Å². The molecule has 0 aliphatic rings. The molecule has 2 N–H and O–H groups in total. The Morgan fingerprint density at radius 3 is 2.23 bits per heavy atom. The number of carboxylic acid groups (broad SMARTS) is 1. The van der Waals surface area contributed by atoms with Gasteiger partial charge in [0.05, 0.1) is 4.92 Å². The number of non-ortho nitro benzene ring substituents is 1. The summed E-state index contributed by atoms with van der Waals surface area (Å²) < 4.78 is 0. The number of anilines is 1. The molecule has 0 heterocycles. The van der Waals surface area contributed by atoms with Crippen LogP contribution in [0.25, 0.3) is 0 Å². The highest BCUT2D eigenvalue weighted by atomic mass is 16.6. The van der Waals surface area contributed by atoms with Crippen LogP contribution in [0.5, 0.6) is 0 Å². The third-order valence-electron chi connectivity index (χ3n) is 4.96. The van der Waals surface area contributed by atoms with Crippen LogP contribution in [0.3, 0.4) is 0 Å². The number of unbranched alkanes of at least 4 members (excludes halogenated alkanes) is 4. The second-order valence-corrected chi connectivity index (χ2v) is 7.52. The molecule has 1 rings (SSSR count). The van der Waals surface area contributed by atoms with Crippen molar-refractivity contribution in [2.75, 3.05) is 18.4 Å². The molecule has 0 aromatic heterocycles. The zero-order chi connectivity index (χ0) is 23.2. The maximum atomic E-state index is 13.2. The average molecular weight is 436 g/mol. The number of nitro groups is 1. The van der Waals surface area contributed by atoms with Gasteiger partial charge in [0, 0.05) is 37.3 Å². The Bertz CT molecular complexity index is 743. The van der Waals surface area contributed by atoms with Crippen molar-refractivity contribution < 1.29 is 24.4 Å². The van der Waals surface area contributed by atoms with E-state index in [9.17, 15) is 24.5 Å². The van der Waals surface area contributed by atoms with Crippen LogP contribution in [0.15, 0.2) is 24.3 Å². The summed E-state index contributed by atoms with van der Waals surface area (Å²) >= 11 is 0. The van der Waals surface area contributed by atoms with Gasteiger partial charge in [-0.15, -0.1) is 0 Å². The number of carbonyl (C=O) groups excluding carboxylic acids is 2. The smallest absolute Gasteiger partial charge is 0.303 e. The van der Waals surface area contributed by atoms with Gasteiger partial charge in [0.1, 0.15) is 5.92 Å². The number of nitrogens with one attached hydrogen (secondary N) is 1. The fourth-order valence-corrected chi connectivity index (χ4v) is 3.22. The molecule has 0 saturated heterocycles. The molecule has 1 atom stereocenters. The highest BCUT2D eigenvalue weighted by molar-refractivity contribution is 6.06. The van der Waals surface area contributed by atoms with Crippen molar-refractivity contribution in [3.8, 4) is 0 Å². The number of aliphatic carboxylic acids is 1. The summed E-state index contributed by atoms with van der Waals surface area (Å²) in [5.41, 5.74) is 0.00260. The molecule has 0 spiro atoms. The summed E-state index contributed by atoms with van der Waals surface area (Å²) in [6.45, 7) is 5.16. The second-order valence-electron chi connectivity index (χ2n) is 7.52. The van der Waals surface area contributed by atoms with E-state index in [0.717, 1.165) is 38.5 Å². The first-order valence-corrected chi connectivity index (χ1v) is 10.9. The number of nitrogens with zero attached hydrogens (tertiary/aromatic N) is 2. The monoisotopic (exact) mass is 435 g/mol. The van der Waals surface area contributed by atoms with E-state index in [1.54, 1.807) is 4.90 Å². The van der Waals surface area contributed by atoms with Crippen LogP contribution < -0.4 is 5.32 Å². The third kappa shape index (κ3) is 9.59. The fraction of sp³-hybridized carbons (Fsp3) is 0.591. The van der Waals surface area contributed by atoms with Gasteiger partial charge in [-0.25, -0.2) is 0 Å². The van der Waals surface area contributed by atoms with Crippen molar-refractivity contribution in [2.24, 2.45) is 5.92 Å². The zero-order valence-corrected chi connectivity index (χ0v) is 18.3. The van der Waals surface area contributed by atoms with E-state index in [0.29, 0.717) is 13.1 Å². The van der Waals surface area contributed by atoms with Gasteiger partial charge in [0.25, 0.3) is 5.69 Å². The van der Waals surface area contributed by atoms with E-state index in [4.69, 9.17) is 5.11 Å². The van der Waals surface area contributed by atoms with Crippen LogP contribution in [0, 0.1) is 16.0 Å². The van der Waals surface area contributed by atoms with Crippen LogP contribution in [-0.2, 0) is 14.4 Å². The number of carboxylic acids is 1. The van der Waals surface area contributed by atoms with Gasteiger partial charge in [-0.3, -0.25) is 24.5 Å². The third-order valence-corrected chi connectivity index (χ3v) is 4.96. The molecule has 1 unspecified atom stereocenters. The molecule has 0 fully saturated rings. The molecule has 172 valence electrons. The standard InChI is InChI=1S/C22H33N3O6/c1-3-5-7-14-24(15-8-6-4-2)22(29)19(12-13-20(26)27)21(28)23-17-10-9-11-18(16-17)25(30)31/h9-11,16,19H,3-8,12-15H2,1-2H3,(H,23,28)(H,26,27). The number of benzene rings is 1. The second kappa shape index (κ2) is 14.1. The minimum Gasteiger partial charge on any atom is -0.481 e. The number of hydrogen-bond donors (Lipinski definition) is 2. The van der Waals surface area contributed by atoms with Gasteiger partial charge in [0.2, 0.25) is 11.8 Å². The molecule has 31 heavy (non-hydrogen) atoms. The zero-order valence-electron chi connectivity index (χ0n) is 18.3. The topological polar surface area (TPSA) is 130 Å². The molecule has 9 nitrogen and oxygen atoms in total. The molecular weight excluding hydrogens is 402 g/mol. The molecule has 0 bridgehead atoms. The van der Waals surface area contributed by atoms with Gasteiger partial charge in [-0.1, -0.05) is 45.6 Å². The van der Waals surface area contributed by atoms with Gasteiger partial charge >= 0.3 is 5.97 Å². The Kier molecular flexibility index (Phi) is 11.9. The summed E-state index contributed by atoms with van der Waals surface area (Å²) in [5, 5.41) is 22.6. The molecule has 2 amide bonds. The molecule has 0 aliphatic carbocycles. The van der Waals surface area contributed by atoms with Crippen LogP contribution in [0.2, 0.25) is 0 Å². The molecule has 0 saturated carbocycles. The minimum atomic E-state index is -1.17. The van der Waals surface area contributed by atoms with Crippen molar-refractivity contribution in [3.05, 3.63) is 34.4 Å². The van der Waals surface area contributed by atoms with E-state index in [2.05, 4.69) is 19.2 Å². The maximum Gasteiger partial charge on any atom is 0.303 e. The Balaban J connectivity index is 3.02. The lowest BCUT2D eigenvalue weighted by atomic mass is 9.99. The Morgan fingerprint density at radius 2 is 1.71 bits per heavy atom. The summed E-state index contributed by atoms with van der Waals surface area (Å²) in [6, 6.07) is 5.43. The Hall–Kier alpha value is -2.97. The van der Waals surface area contributed by atoms with Crippen molar-refractivity contribution >= 4 is 29.2 Å². The molecule has 1 aromatic carbocycles. The van der Waals surface area contributed by atoms with Gasteiger partial charge in [-0.2, -0.15) is 0 Å². The summed E-state index contributed by atoms with van der Waals surface area (Å²) in [5.74, 6) is -3.30. The van der Waals surface area contributed by atoms with E-state index < -0.39 is 28.6 Å². The van der Waals surface area contributed by atoms with Crippen LogP contribution in [-0.4, -0.2) is 45.8 Å². The normalized spacial score (nSPS) is 11.5. The average Bonchev–Trinajstić information content (AvgIpc) is 2.72. The fourth-order valence-electron chi connectivity index (χ4n) is 3.22. The van der Waals surface area contributed by atoms with Crippen molar-refractivity contribution in [3.63, 3.8) is 0 Å². The predicted octanol–water partition coefficient (Wildman–Crippen LogP) is 4.22. The minimum absolute atomic E-state index is 0.132. The van der Waals surface area contributed by atoms with E-state index >= 15 is 0 Å². The number of carbonyl (C=O) groups is 3. The van der Waals surface area contributed by atoms with Crippen molar-refractivity contribution in [1.29, 1.82) is 0 Å². The lowest BCUT2D eigenvalue weighted by Gasteiger charge is -2.27. The van der Waals surface area contributed by atoms with Gasteiger partial charge < -0.3 is 15.3 Å². The Labute approximate surface area is 183 Å². The Morgan fingerprint density at radius 1 is 1.10 bits per heavy atom. The molecule has 9 heteroatoms. The predicted molar refractivity (Wildman–Crippen MR) is 118 cm³/mol. The molecular formula is C22H33N3O6. The number of amides is 2. The maximum absolute atomic E-state index is 13.2. The van der Waals surface area contributed by atoms with E-state index in [1.165, 1.54) is 24.3 Å². The highest BCUT2D eigenvalue weighted by Gasteiger charge is 2.31. The van der Waals surface area contributed by atoms with Crippen LogP contribution >= 0.6 is 0 Å². The summed E-state index contributed by atoms with van der Waals surface area (Å²) in [4.78, 5) is 49.2. The lowest BCUT2D eigenvalue weighted by Crippen LogP contribution is -2.42. The first-order valence-electron chi connectivity index (χ1n) is 10.9. The largest absolute Gasteiger partial charge is 0.481 e.